The Labute approximate surface area is 233 Å². The van der Waals surface area contributed by atoms with Gasteiger partial charge in [-0.3, -0.25) is 0 Å². The summed E-state index contributed by atoms with van der Waals surface area (Å²) in [7, 11) is 0. The highest BCUT2D eigenvalue weighted by atomic mass is 35.5. The van der Waals surface area contributed by atoms with E-state index in [4.69, 9.17) is 30.2 Å². The molecule has 0 amide bonds. The lowest BCUT2D eigenvalue weighted by molar-refractivity contribution is -0.232. The number of aromatic nitrogens is 1. The zero-order valence-electron chi connectivity index (χ0n) is 20.6. The van der Waals surface area contributed by atoms with E-state index < -0.39 is 36.7 Å². The molecule has 9 nitrogen and oxygen atoms in total. The smallest absolute Gasteiger partial charge is 0.463 e. The molecule has 204 valence electrons. The largest absolute Gasteiger partial charge is 0.508 e. The molecule has 1 aliphatic rings. The van der Waals surface area contributed by atoms with E-state index in [2.05, 4.69) is 4.98 Å². The number of furan rings is 1. The fourth-order valence-electron chi connectivity index (χ4n) is 4.27. The van der Waals surface area contributed by atoms with Gasteiger partial charge in [0.15, 0.2) is 0 Å². The van der Waals surface area contributed by atoms with E-state index in [-0.39, 0.29) is 13.2 Å². The zero-order chi connectivity index (χ0) is 27.4. The van der Waals surface area contributed by atoms with Crippen LogP contribution in [0.25, 0.3) is 10.6 Å². The second-order valence-corrected chi connectivity index (χ2v) is 10.5. The summed E-state index contributed by atoms with van der Waals surface area (Å²) < 4.78 is 21.6. The van der Waals surface area contributed by atoms with E-state index >= 15 is 0 Å². The highest BCUT2D eigenvalue weighted by Gasteiger charge is 2.45. The van der Waals surface area contributed by atoms with Crippen molar-refractivity contribution in [3.05, 3.63) is 99.8 Å². The minimum atomic E-state index is -1.54. The lowest BCUT2D eigenvalue weighted by Crippen LogP contribution is -2.55. The Balaban J connectivity index is 1.25. The Morgan fingerprint density at radius 3 is 2.59 bits per heavy atom. The number of halogens is 1. The van der Waals surface area contributed by atoms with Crippen molar-refractivity contribution in [1.82, 2.24) is 4.98 Å². The minimum absolute atomic E-state index is 0.0212. The Hall–Kier alpha value is -3.25. The molecule has 0 spiro atoms. The number of aliphatic hydroxyl groups is 3. The molecule has 5 rings (SSSR count). The summed E-state index contributed by atoms with van der Waals surface area (Å²) in [6.07, 6.45) is -3.76. The van der Waals surface area contributed by atoms with Gasteiger partial charge in [-0.2, -0.15) is 0 Å². The van der Waals surface area contributed by atoms with Gasteiger partial charge in [-0.25, -0.2) is 9.78 Å². The summed E-state index contributed by atoms with van der Waals surface area (Å²) in [6, 6.07) is 17.9. The number of hydrogen-bond acceptors (Lipinski definition) is 10. The van der Waals surface area contributed by atoms with Crippen LogP contribution in [0.5, 0.6) is 0 Å². The van der Waals surface area contributed by atoms with Crippen molar-refractivity contribution in [1.29, 1.82) is 0 Å². The number of benzene rings is 2. The Bertz CT molecular complexity index is 1380. The molecule has 0 saturated carbocycles. The Morgan fingerprint density at radius 2 is 1.82 bits per heavy atom. The topological polar surface area (TPSA) is 131 Å². The standard InChI is InChI=1S/C28H26ClNO8S/c29-19-9-8-17(11-18(19)12-23-30-13-22(39-23)20-7-4-10-35-20)27-26(33)25(32)24(31)21(38-27)15-37-28(34)36-14-16-5-2-1-3-6-16/h1-11,13,21,24-27,31-33H,12,14-15H2/t21-,24-,25+,26-,27+/m1/s1. The molecular formula is C28H26ClNO8S. The van der Waals surface area contributed by atoms with E-state index in [9.17, 15) is 20.1 Å². The van der Waals surface area contributed by atoms with Crippen LogP contribution in [0.3, 0.4) is 0 Å². The van der Waals surface area contributed by atoms with E-state index in [0.29, 0.717) is 17.0 Å². The first kappa shape index (κ1) is 27.3. The molecule has 4 aromatic rings. The summed E-state index contributed by atoms with van der Waals surface area (Å²) in [6.45, 7) is -0.364. The maximum absolute atomic E-state index is 12.1. The SMILES string of the molecule is O=C(OCc1ccccc1)OC[C@H]1O[C@@H](c2ccc(Cl)c(Cc3ncc(-c4ccco4)s3)c2)[C@H](O)[C@@H](O)[C@@H]1O. The second kappa shape index (κ2) is 12.3. The third kappa shape index (κ3) is 6.50. The van der Waals surface area contributed by atoms with Gasteiger partial charge in [-0.1, -0.05) is 54.1 Å². The van der Waals surface area contributed by atoms with E-state index in [1.54, 1.807) is 42.8 Å². The summed E-state index contributed by atoms with van der Waals surface area (Å²) in [5.74, 6) is 0.724. The first-order chi connectivity index (χ1) is 18.9. The number of nitrogens with zero attached hydrogens (tertiary/aromatic N) is 1. The molecule has 1 saturated heterocycles. The fourth-order valence-corrected chi connectivity index (χ4v) is 5.36. The number of aliphatic hydroxyl groups excluding tert-OH is 3. The molecule has 2 aromatic heterocycles. The molecule has 1 fully saturated rings. The predicted molar refractivity (Wildman–Crippen MR) is 142 cm³/mol. The maximum Gasteiger partial charge on any atom is 0.508 e. The predicted octanol–water partition coefficient (Wildman–Crippen LogP) is 4.52. The van der Waals surface area contributed by atoms with E-state index in [0.717, 1.165) is 26.8 Å². The number of carbonyl (C=O) groups is 1. The van der Waals surface area contributed by atoms with Crippen molar-refractivity contribution in [2.45, 2.75) is 43.5 Å². The van der Waals surface area contributed by atoms with E-state index in [1.807, 2.05) is 30.3 Å². The zero-order valence-corrected chi connectivity index (χ0v) is 22.1. The molecule has 11 heteroatoms. The molecule has 1 aliphatic heterocycles. The van der Waals surface area contributed by atoms with Gasteiger partial charge >= 0.3 is 6.16 Å². The normalized spacial score (nSPS) is 22.9. The molecule has 0 aliphatic carbocycles. The molecule has 0 unspecified atom stereocenters. The van der Waals surface area contributed by atoms with Gasteiger partial charge in [0.2, 0.25) is 0 Å². The van der Waals surface area contributed by atoms with Crippen LogP contribution in [-0.2, 0) is 27.2 Å². The summed E-state index contributed by atoms with van der Waals surface area (Å²) in [5.41, 5.74) is 2.06. The lowest BCUT2D eigenvalue weighted by atomic mass is 9.90. The number of hydrogen-bond donors (Lipinski definition) is 3. The van der Waals surface area contributed by atoms with Crippen LogP contribution in [-0.4, -0.2) is 57.5 Å². The quantitative estimate of drug-likeness (QED) is 0.261. The second-order valence-electron chi connectivity index (χ2n) is 9.03. The van der Waals surface area contributed by atoms with Crippen LogP contribution < -0.4 is 0 Å². The number of thiazole rings is 1. The summed E-state index contributed by atoms with van der Waals surface area (Å²) in [4.78, 5) is 17.4. The summed E-state index contributed by atoms with van der Waals surface area (Å²) in [5, 5.41) is 33.0. The number of carbonyl (C=O) groups excluding carboxylic acids is 1. The molecule has 2 aromatic carbocycles. The molecule has 0 bridgehead atoms. The van der Waals surface area contributed by atoms with Gasteiger partial charge in [0.05, 0.1) is 16.1 Å². The highest BCUT2D eigenvalue weighted by Crippen LogP contribution is 2.35. The van der Waals surface area contributed by atoms with Crippen molar-refractivity contribution in [3.8, 4) is 10.6 Å². The van der Waals surface area contributed by atoms with Gasteiger partial charge in [-0.15, -0.1) is 11.3 Å². The molecule has 3 N–H and O–H groups in total. The Morgan fingerprint density at radius 1 is 1.00 bits per heavy atom. The van der Waals surface area contributed by atoms with Crippen LogP contribution in [0.1, 0.15) is 27.8 Å². The minimum Gasteiger partial charge on any atom is -0.463 e. The van der Waals surface area contributed by atoms with Crippen molar-refractivity contribution in [3.63, 3.8) is 0 Å². The maximum atomic E-state index is 12.1. The monoisotopic (exact) mass is 571 g/mol. The molecule has 0 radical (unpaired) electrons. The van der Waals surface area contributed by atoms with E-state index in [1.165, 1.54) is 11.3 Å². The van der Waals surface area contributed by atoms with Crippen LogP contribution in [0.4, 0.5) is 4.79 Å². The fraction of sp³-hybridized carbons (Fsp3) is 0.286. The van der Waals surface area contributed by atoms with Crippen molar-refractivity contribution in [2.75, 3.05) is 6.61 Å². The average molecular weight is 572 g/mol. The molecule has 5 atom stereocenters. The first-order valence-corrected chi connectivity index (χ1v) is 13.4. The van der Waals surface area contributed by atoms with Gasteiger partial charge in [0.1, 0.15) is 49.5 Å². The van der Waals surface area contributed by atoms with Crippen LogP contribution in [0, 0.1) is 0 Å². The Kier molecular flexibility index (Phi) is 8.61. The lowest BCUT2D eigenvalue weighted by Gasteiger charge is -2.40. The van der Waals surface area contributed by atoms with Crippen LogP contribution >= 0.6 is 22.9 Å². The van der Waals surface area contributed by atoms with Gasteiger partial charge in [0, 0.05) is 17.6 Å². The number of rotatable bonds is 8. The van der Waals surface area contributed by atoms with Crippen LogP contribution in [0.2, 0.25) is 5.02 Å². The van der Waals surface area contributed by atoms with Crippen molar-refractivity contribution in [2.24, 2.45) is 0 Å². The van der Waals surface area contributed by atoms with Gasteiger partial charge < -0.3 is 33.9 Å². The van der Waals surface area contributed by atoms with Gasteiger partial charge in [0.25, 0.3) is 0 Å². The third-order valence-corrected chi connectivity index (χ3v) is 7.72. The average Bonchev–Trinajstić information content (AvgIpc) is 3.65. The summed E-state index contributed by atoms with van der Waals surface area (Å²) >= 11 is 7.93. The third-order valence-electron chi connectivity index (χ3n) is 6.33. The molecule has 3 heterocycles. The molecular weight excluding hydrogens is 546 g/mol. The van der Waals surface area contributed by atoms with Crippen molar-refractivity contribution < 1.29 is 38.7 Å². The number of ether oxygens (including phenoxy) is 3. The van der Waals surface area contributed by atoms with Gasteiger partial charge in [-0.05, 0) is 34.9 Å². The van der Waals surface area contributed by atoms with Crippen molar-refractivity contribution >= 4 is 29.1 Å². The highest BCUT2D eigenvalue weighted by molar-refractivity contribution is 7.15. The first-order valence-electron chi connectivity index (χ1n) is 12.2. The molecule has 39 heavy (non-hydrogen) atoms. The van der Waals surface area contributed by atoms with Crippen LogP contribution in [0.15, 0.2) is 77.5 Å².